The fourth-order valence-corrected chi connectivity index (χ4v) is 3.13. The van der Waals surface area contributed by atoms with Gasteiger partial charge in [-0.1, -0.05) is 19.8 Å². The third-order valence-corrected chi connectivity index (χ3v) is 4.37. The van der Waals surface area contributed by atoms with Crippen LogP contribution in [0.3, 0.4) is 0 Å². The van der Waals surface area contributed by atoms with Gasteiger partial charge >= 0.3 is 0 Å². The number of hydrogen-bond acceptors (Lipinski definition) is 3. The van der Waals surface area contributed by atoms with Crippen molar-refractivity contribution < 1.29 is 4.79 Å². The minimum Gasteiger partial charge on any atom is -0.330 e. The zero-order chi connectivity index (χ0) is 13.8. The number of carbonyl (C=O) groups excluding carboxylic acids is 1. The van der Waals surface area contributed by atoms with E-state index in [0.29, 0.717) is 24.7 Å². The zero-order valence-electron chi connectivity index (χ0n) is 12.1. The lowest BCUT2D eigenvalue weighted by Gasteiger charge is -2.29. The number of hydrogen-bond donors (Lipinski definition) is 1. The van der Waals surface area contributed by atoms with Crippen molar-refractivity contribution in [2.45, 2.75) is 45.4 Å². The van der Waals surface area contributed by atoms with Crippen LogP contribution in [-0.2, 0) is 24.7 Å². The molecule has 0 spiro atoms. The van der Waals surface area contributed by atoms with Gasteiger partial charge in [0.1, 0.15) is 5.78 Å². The predicted octanol–water partition coefficient (Wildman–Crippen LogP) is 1.86. The Kier molecular flexibility index (Phi) is 4.75. The third-order valence-electron chi connectivity index (χ3n) is 4.37. The van der Waals surface area contributed by atoms with E-state index in [1.807, 2.05) is 11.7 Å². The van der Waals surface area contributed by atoms with E-state index in [1.165, 1.54) is 12.8 Å². The van der Waals surface area contributed by atoms with Crippen LogP contribution in [0.5, 0.6) is 0 Å². The molecule has 106 valence electrons. The van der Waals surface area contributed by atoms with Crippen molar-refractivity contribution in [3.05, 3.63) is 17.5 Å². The third kappa shape index (κ3) is 3.24. The van der Waals surface area contributed by atoms with Crippen LogP contribution < -0.4 is 5.73 Å². The molecule has 4 heteroatoms. The van der Waals surface area contributed by atoms with Gasteiger partial charge in [0.05, 0.1) is 5.69 Å². The molecule has 0 saturated heterocycles. The number of aromatic nitrogens is 2. The minimum absolute atomic E-state index is 0.165. The number of Topliss-reactive ketones (excluding diaryl/α,β-unsaturated/α-hetero) is 1. The number of rotatable bonds is 5. The van der Waals surface area contributed by atoms with Gasteiger partial charge in [-0.15, -0.1) is 0 Å². The zero-order valence-corrected chi connectivity index (χ0v) is 12.1. The average Bonchev–Trinajstić information content (AvgIpc) is 2.79. The summed E-state index contributed by atoms with van der Waals surface area (Å²) in [4.78, 5) is 12.5. The van der Waals surface area contributed by atoms with E-state index in [9.17, 15) is 4.79 Å². The first-order chi connectivity index (χ1) is 9.15. The fraction of sp³-hybridized carbons (Fsp3) is 0.733. The van der Waals surface area contributed by atoms with Crippen molar-refractivity contribution >= 4 is 5.78 Å². The molecule has 0 bridgehead atoms. The molecular weight excluding hydrogens is 238 g/mol. The second-order valence-corrected chi connectivity index (χ2v) is 5.63. The Balaban J connectivity index is 2.04. The van der Waals surface area contributed by atoms with E-state index >= 15 is 0 Å². The van der Waals surface area contributed by atoms with Gasteiger partial charge in [-0.3, -0.25) is 9.48 Å². The molecule has 19 heavy (non-hydrogen) atoms. The summed E-state index contributed by atoms with van der Waals surface area (Å²) < 4.78 is 1.84. The highest BCUT2D eigenvalue weighted by atomic mass is 16.1. The van der Waals surface area contributed by atoms with Gasteiger partial charge < -0.3 is 5.73 Å². The van der Waals surface area contributed by atoms with Gasteiger partial charge in [-0.25, -0.2) is 0 Å². The minimum atomic E-state index is 0.165. The molecule has 1 aliphatic carbocycles. The van der Waals surface area contributed by atoms with Crippen molar-refractivity contribution in [3.63, 3.8) is 0 Å². The molecule has 0 aromatic carbocycles. The Morgan fingerprint density at radius 1 is 1.47 bits per heavy atom. The summed E-state index contributed by atoms with van der Waals surface area (Å²) in [5.74, 6) is 0.902. The topological polar surface area (TPSA) is 60.9 Å². The van der Waals surface area contributed by atoms with Crippen LogP contribution in [0.4, 0.5) is 0 Å². The van der Waals surface area contributed by atoms with Crippen molar-refractivity contribution in [1.29, 1.82) is 0 Å². The standard InChI is InChI=1S/C15H25N3O/c1-3-12-8-13(18(2)17-12)9-15(19)14-7-5-4-6-11(14)10-16/h8,11,14H,3-7,9-10,16H2,1-2H3. The second-order valence-electron chi connectivity index (χ2n) is 5.63. The van der Waals surface area contributed by atoms with Gasteiger partial charge in [-0.2, -0.15) is 5.10 Å². The molecule has 2 N–H and O–H groups in total. The van der Waals surface area contributed by atoms with E-state index in [-0.39, 0.29) is 5.92 Å². The maximum atomic E-state index is 12.5. The normalized spacial score (nSPS) is 23.5. The van der Waals surface area contributed by atoms with E-state index in [0.717, 1.165) is 30.7 Å². The average molecular weight is 263 g/mol. The molecule has 1 aromatic heterocycles. The summed E-state index contributed by atoms with van der Waals surface area (Å²) in [6.45, 7) is 2.72. The van der Waals surface area contributed by atoms with Crippen LogP contribution in [0.1, 0.15) is 44.0 Å². The van der Waals surface area contributed by atoms with Gasteiger partial charge in [-0.05, 0) is 37.8 Å². The van der Waals surface area contributed by atoms with E-state index in [1.54, 1.807) is 0 Å². The maximum Gasteiger partial charge on any atom is 0.142 e. The highest BCUT2D eigenvalue weighted by Crippen LogP contribution is 2.30. The lowest BCUT2D eigenvalue weighted by atomic mass is 9.76. The SMILES string of the molecule is CCc1cc(CC(=O)C2CCCCC2CN)n(C)n1. The van der Waals surface area contributed by atoms with Gasteiger partial charge in [0, 0.05) is 25.1 Å². The highest BCUT2D eigenvalue weighted by Gasteiger charge is 2.30. The van der Waals surface area contributed by atoms with Crippen molar-refractivity contribution in [2.24, 2.45) is 24.6 Å². The molecule has 1 aromatic rings. The number of nitrogens with two attached hydrogens (primary N) is 1. The number of nitrogens with zero attached hydrogens (tertiary/aromatic N) is 2. The number of aryl methyl sites for hydroxylation is 2. The lowest BCUT2D eigenvalue weighted by molar-refractivity contribution is -0.124. The lowest BCUT2D eigenvalue weighted by Crippen LogP contribution is -2.33. The van der Waals surface area contributed by atoms with Crippen molar-refractivity contribution in [1.82, 2.24) is 9.78 Å². The molecule has 0 amide bonds. The van der Waals surface area contributed by atoms with Crippen LogP contribution in [0, 0.1) is 11.8 Å². The Labute approximate surface area is 115 Å². The Morgan fingerprint density at radius 2 is 2.21 bits per heavy atom. The van der Waals surface area contributed by atoms with Crippen LogP contribution in [0.15, 0.2) is 6.07 Å². The van der Waals surface area contributed by atoms with Gasteiger partial charge in [0.25, 0.3) is 0 Å². The molecule has 1 fully saturated rings. The Hall–Kier alpha value is -1.16. The number of carbonyl (C=O) groups is 1. The van der Waals surface area contributed by atoms with Crippen molar-refractivity contribution in [2.75, 3.05) is 6.54 Å². The molecule has 0 radical (unpaired) electrons. The number of ketones is 1. The summed E-state index contributed by atoms with van der Waals surface area (Å²) in [5, 5.41) is 4.41. The van der Waals surface area contributed by atoms with Crippen LogP contribution in [-0.4, -0.2) is 22.1 Å². The van der Waals surface area contributed by atoms with Crippen LogP contribution in [0.2, 0.25) is 0 Å². The van der Waals surface area contributed by atoms with E-state index in [4.69, 9.17) is 5.73 Å². The van der Waals surface area contributed by atoms with Crippen molar-refractivity contribution in [3.8, 4) is 0 Å². The maximum absolute atomic E-state index is 12.5. The largest absolute Gasteiger partial charge is 0.330 e. The molecular formula is C15H25N3O. The summed E-state index contributed by atoms with van der Waals surface area (Å²) in [6.07, 6.45) is 5.93. The smallest absolute Gasteiger partial charge is 0.142 e. The summed E-state index contributed by atoms with van der Waals surface area (Å²) >= 11 is 0. The second kappa shape index (κ2) is 6.33. The molecule has 1 aliphatic rings. The quantitative estimate of drug-likeness (QED) is 0.882. The first kappa shape index (κ1) is 14.3. The van der Waals surface area contributed by atoms with E-state index in [2.05, 4.69) is 18.1 Å². The fourth-order valence-electron chi connectivity index (χ4n) is 3.13. The Bertz CT molecular complexity index is 439. The van der Waals surface area contributed by atoms with Crippen LogP contribution in [0.25, 0.3) is 0 Å². The monoisotopic (exact) mass is 263 g/mol. The molecule has 2 unspecified atom stereocenters. The first-order valence-electron chi connectivity index (χ1n) is 7.40. The summed E-state index contributed by atoms with van der Waals surface area (Å²) in [7, 11) is 1.92. The van der Waals surface area contributed by atoms with Gasteiger partial charge in [0.2, 0.25) is 0 Å². The Morgan fingerprint density at radius 3 is 2.84 bits per heavy atom. The molecule has 0 aliphatic heterocycles. The van der Waals surface area contributed by atoms with Gasteiger partial charge in [0.15, 0.2) is 0 Å². The first-order valence-corrected chi connectivity index (χ1v) is 7.40. The summed E-state index contributed by atoms with van der Waals surface area (Å²) in [6, 6.07) is 2.05. The molecule has 1 saturated carbocycles. The molecule has 4 nitrogen and oxygen atoms in total. The summed E-state index contributed by atoms with van der Waals surface area (Å²) in [5.41, 5.74) is 7.90. The molecule has 2 atom stereocenters. The molecule has 1 heterocycles. The predicted molar refractivity (Wildman–Crippen MR) is 75.8 cm³/mol. The van der Waals surface area contributed by atoms with E-state index < -0.39 is 0 Å². The van der Waals surface area contributed by atoms with Crippen LogP contribution >= 0.6 is 0 Å². The molecule has 2 rings (SSSR count). The highest BCUT2D eigenvalue weighted by molar-refractivity contribution is 5.83.